The minimum Gasteiger partial charge on any atom is -0.493 e. The number of carbonyl (C=O) groups is 3. The zero-order valence-electron chi connectivity index (χ0n) is 76.2. The van der Waals surface area contributed by atoms with Gasteiger partial charge in [-0.3, -0.25) is 49.3 Å². The number of sulfonamides is 3. The molecule has 2 aliphatic carbocycles. The Hall–Kier alpha value is -11.6. The molecule has 0 bridgehead atoms. The number of ether oxygens (including phenoxy) is 4. The molecule has 10 heterocycles. The van der Waals surface area contributed by atoms with Gasteiger partial charge in [-0.25, -0.2) is 44.7 Å². The van der Waals surface area contributed by atoms with Gasteiger partial charge >= 0.3 is 0 Å². The molecule has 135 heavy (non-hydrogen) atoms. The number of H-pyrrole nitrogens is 2. The first-order chi connectivity index (χ1) is 64.4. The van der Waals surface area contributed by atoms with Crippen LogP contribution in [0.3, 0.4) is 0 Å². The summed E-state index contributed by atoms with van der Waals surface area (Å²) in [5.41, 5.74) is 11.0. The fraction of sp³-hybridized carbons (Fsp3) is 0.412. The van der Waals surface area contributed by atoms with Crippen LogP contribution in [0.2, 0.25) is 10.0 Å². The van der Waals surface area contributed by atoms with Crippen LogP contribution in [-0.4, -0.2) is 252 Å². The van der Waals surface area contributed by atoms with Gasteiger partial charge in [0.25, 0.3) is 43.2 Å². The highest BCUT2D eigenvalue weighted by molar-refractivity contribution is 7.90. The molecule has 4 fully saturated rings. The normalized spacial score (nSPS) is 19.4. The lowest BCUT2D eigenvalue weighted by Crippen LogP contribution is -2.50. The number of halogens is 2. The van der Waals surface area contributed by atoms with Crippen LogP contribution in [0.5, 0.6) is 34.5 Å². The Morgan fingerprint density at radius 3 is 1.29 bits per heavy atom. The minimum absolute atomic E-state index is 0.0279. The average molecular weight is 1940 g/mol. The lowest BCUT2D eigenvalue weighted by atomic mass is 9.72. The van der Waals surface area contributed by atoms with Crippen molar-refractivity contribution in [3.63, 3.8) is 0 Å². The summed E-state index contributed by atoms with van der Waals surface area (Å²) in [5, 5.41) is 27.9. The number of amides is 3. The SMILES string of the molecule is CC(=O)N1CCN(C[C@@H]2COc3cc(S(=O)(=O)NC(=O)c4ccc(N5CCN(CC6=C(c7ccc(Cl)cc7)CC(C)(C)CC6)CC5)cc4Oc4cnc5[nH]ccc5c4)cc([N+](=O)[O-])c3C2)CC1.CC1(C)CCC(CN2CCN(c3ccc(C(=O)NS(=O)(=O)c4cc5c(c([N+](=O)[O-])c4)C[C@H](CN4CCN(S(C)(=O)=O)CC4)CO5)c(Oc4cnc5[nH]ccc5c4)c3)CC2)=C(c2ccc(Cl)cc2)C1. The summed E-state index contributed by atoms with van der Waals surface area (Å²) in [7, 11) is -12.6. The van der Waals surface area contributed by atoms with Gasteiger partial charge in [-0.05, 0) is 157 Å². The standard InChI is InChI=1S/C49H55ClN8O8S.C48H55ClN8O9S2/c1-32(59)56-18-14-54(15-19-56)29-33-22-42-44(58(61)62)25-40(26-45(42)65-31-33)67(63,64)53-48(60)41-9-8-38(24-46(41)66-39-23-35-11-13-51-47(35)52-28-39)57-20-16-55(17-21-57)30-36-10-12-49(2,3)27-43(36)34-4-6-37(50)7-5-34;1-48(2)12-10-35(42(27-48)33-4-6-36(49)7-5-33)30-54-14-18-55(19-15-54)37-8-9-40(45(24-37)66-38-23-34-11-13-50-46(34)51-28-38)47(58)52-68(63,64)39-25-43(57(59)60)41-22-32(31-65-44(41)26-39)29-53-16-20-56(21-17-53)67(3,61)62/h4-9,11,13,23-26,28,33H,10,12,14-22,27,29-31H2,1-3H3,(H,51,52)(H,53,60);4-9,11,13,23-26,28,32H,10,12,14-22,27,29-31H2,1-3H3,(H,50,51)(H,52,58)/t33-;32-/m11/s1. The van der Waals surface area contributed by atoms with Gasteiger partial charge in [-0.2, -0.15) is 4.31 Å². The topological polar surface area (TPSA) is 384 Å². The number of nitrogens with one attached hydrogen (secondary N) is 4. The van der Waals surface area contributed by atoms with E-state index < -0.39 is 72.9 Å². The molecule has 8 aliphatic rings. The van der Waals surface area contributed by atoms with E-state index in [2.05, 4.69) is 111 Å². The molecule has 0 saturated carbocycles. The molecule has 18 rings (SSSR count). The van der Waals surface area contributed by atoms with Crippen molar-refractivity contribution in [1.29, 1.82) is 0 Å². The van der Waals surface area contributed by atoms with Crippen molar-refractivity contribution in [1.82, 2.24) is 58.2 Å². The smallest absolute Gasteiger partial charge is 0.277 e. The zero-order valence-corrected chi connectivity index (χ0v) is 80.1. The van der Waals surface area contributed by atoms with Gasteiger partial charge < -0.3 is 48.5 Å². The van der Waals surface area contributed by atoms with Gasteiger partial charge in [0.1, 0.15) is 45.8 Å². The number of carbonyl (C=O) groups excluding carboxylic acids is 3. The van der Waals surface area contributed by atoms with Crippen LogP contribution in [0.1, 0.15) is 116 Å². The van der Waals surface area contributed by atoms with E-state index in [1.807, 2.05) is 36.4 Å². The molecular weight excluding hydrogens is 1830 g/mol. The second-order valence-electron chi connectivity index (χ2n) is 37.9. The number of nitrogens with zero attached hydrogens (tertiary/aromatic N) is 12. The van der Waals surface area contributed by atoms with Gasteiger partial charge in [0.2, 0.25) is 15.9 Å². The number of anilines is 2. The first kappa shape index (κ1) is 95.2. The molecule has 3 amide bonds. The molecule has 2 atom stereocenters. The predicted octanol–water partition coefficient (Wildman–Crippen LogP) is 14.5. The van der Waals surface area contributed by atoms with E-state index >= 15 is 0 Å². The summed E-state index contributed by atoms with van der Waals surface area (Å²) in [4.78, 5) is 93.0. The van der Waals surface area contributed by atoms with Crippen LogP contribution in [0.25, 0.3) is 33.2 Å². The maximum atomic E-state index is 14.1. The highest BCUT2D eigenvalue weighted by atomic mass is 35.5. The van der Waals surface area contributed by atoms with Gasteiger partial charge in [0.15, 0.2) is 0 Å². The van der Waals surface area contributed by atoms with Gasteiger partial charge in [-0.15, -0.1) is 0 Å². The van der Waals surface area contributed by atoms with E-state index in [1.165, 1.54) is 80.6 Å². The fourth-order valence-electron chi connectivity index (χ4n) is 19.5. The molecule has 38 heteroatoms. The van der Waals surface area contributed by atoms with Crippen LogP contribution in [0.15, 0.2) is 179 Å². The molecule has 0 radical (unpaired) electrons. The monoisotopic (exact) mass is 1940 g/mol. The number of benzene rings is 6. The van der Waals surface area contributed by atoms with Gasteiger partial charge in [0.05, 0.1) is 73.8 Å². The quantitative estimate of drug-likeness (QED) is 0.0305. The first-order valence-electron chi connectivity index (χ1n) is 45.5. The number of piperazine rings is 4. The molecule has 4 saturated heterocycles. The summed E-state index contributed by atoms with van der Waals surface area (Å²) < 4.78 is 110. The number of hydrogen-bond donors (Lipinski definition) is 4. The van der Waals surface area contributed by atoms with Crippen LogP contribution in [0.4, 0.5) is 22.7 Å². The van der Waals surface area contributed by atoms with E-state index in [-0.39, 0.29) is 87.9 Å². The fourth-order valence-corrected chi connectivity index (χ4v) is 22.6. The molecule has 4 aromatic heterocycles. The number of nitro benzene ring substituents is 2. The maximum absolute atomic E-state index is 14.1. The van der Waals surface area contributed by atoms with Crippen molar-refractivity contribution in [2.75, 3.05) is 160 Å². The van der Waals surface area contributed by atoms with E-state index in [4.69, 9.17) is 42.1 Å². The van der Waals surface area contributed by atoms with Crippen LogP contribution in [-0.2, 0) is 47.7 Å². The summed E-state index contributed by atoms with van der Waals surface area (Å²) in [6, 6.07) is 38.0. The van der Waals surface area contributed by atoms with E-state index in [9.17, 15) is 59.9 Å². The number of aromatic nitrogens is 4. The Morgan fingerprint density at radius 1 is 0.511 bits per heavy atom. The van der Waals surface area contributed by atoms with Crippen molar-refractivity contribution in [3.05, 3.63) is 233 Å². The van der Waals surface area contributed by atoms with Gasteiger partial charge in [0, 0.05) is 231 Å². The Morgan fingerprint density at radius 2 is 0.904 bits per heavy atom. The minimum atomic E-state index is -4.68. The lowest BCUT2D eigenvalue weighted by Gasteiger charge is -2.39. The van der Waals surface area contributed by atoms with E-state index in [1.54, 1.807) is 60.6 Å². The van der Waals surface area contributed by atoms with Crippen molar-refractivity contribution >= 4 is 127 Å². The third-order valence-corrected chi connectivity index (χ3v) is 31.5. The summed E-state index contributed by atoms with van der Waals surface area (Å²) in [6.45, 7) is 24.4. The second-order valence-corrected chi connectivity index (χ2v) is 44.1. The van der Waals surface area contributed by atoms with E-state index in [0.29, 0.717) is 126 Å². The molecular formula is C97H110Cl2N16O17S3. The average Bonchev–Trinajstić information content (AvgIpc) is 0.915. The van der Waals surface area contributed by atoms with Crippen molar-refractivity contribution in [3.8, 4) is 34.5 Å². The number of fused-ring (bicyclic) bond motifs is 4. The Kier molecular flexibility index (Phi) is 27.9. The third kappa shape index (κ3) is 22.6. The number of allylic oxidation sites excluding steroid dienone is 2. The number of hydrogen-bond acceptors (Lipinski definition) is 25. The van der Waals surface area contributed by atoms with Crippen molar-refractivity contribution < 1.29 is 68.4 Å². The number of aromatic amines is 2. The highest BCUT2D eigenvalue weighted by Crippen LogP contribution is 2.48. The van der Waals surface area contributed by atoms with Crippen molar-refractivity contribution in [2.45, 2.75) is 95.8 Å². The third-order valence-electron chi connectivity index (χ3n) is 27.1. The Bertz CT molecular complexity index is 6640. The predicted molar refractivity (Wildman–Crippen MR) is 517 cm³/mol. The van der Waals surface area contributed by atoms with Crippen molar-refractivity contribution in [2.24, 2.45) is 22.7 Å². The zero-order chi connectivity index (χ0) is 95.0. The van der Waals surface area contributed by atoms with Gasteiger partial charge in [-0.1, -0.05) is 86.3 Å². The molecule has 4 N–H and O–H groups in total. The lowest BCUT2D eigenvalue weighted by molar-refractivity contribution is -0.386. The summed E-state index contributed by atoms with van der Waals surface area (Å²) in [5.74, 6) is -1.18. The number of nitro groups is 2. The highest BCUT2D eigenvalue weighted by Gasteiger charge is 2.39. The molecule has 6 aliphatic heterocycles. The second kappa shape index (κ2) is 39.6. The van der Waals surface area contributed by atoms with Crippen LogP contribution < -0.4 is 38.2 Å². The first-order valence-corrected chi connectivity index (χ1v) is 51.1. The maximum Gasteiger partial charge on any atom is 0.277 e. The molecule has 712 valence electrons. The molecule has 0 spiro atoms. The Labute approximate surface area is 794 Å². The van der Waals surface area contributed by atoms with Crippen LogP contribution in [0, 0.1) is 42.9 Å². The van der Waals surface area contributed by atoms with Crippen LogP contribution >= 0.6 is 23.2 Å². The molecule has 6 aromatic carbocycles. The summed E-state index contributed by atoms with van der Waals surface area (Å²) >= 11 is 12.5. The molecule has 0 unspecified atom stereocenters. The number of pyridine rings is 2. The largest absolute Gasteiger partial charge is 0.493 e. The molecule has 10 aromatic rings. The number of rotatable bonds is 25. The molecule has 33 nitrogen and oxygen atoms in total. The summed E-state index contributed by atoms with van der Waals surface area (Å²) in [6.07, 6.45) is 14.6. The Balaban J connectivity index is 0.000000188. The van der Waals surface area contributed by atoms with E-state index in [0.717, 1.165) is 122 Å².